The lowest BCUT2D eigenvalue weighted by molar-refractivity contribution is -0.120. The van der Waals surface area contributed by atoms with Gasteiger partial charge in [0.2, 0.25) is 5.91 Å². The molecule has 0 spiro atoms. The lowest BCUT2D eigenvalue weighted by atomic mass is 10.2. The quantitative estimate of drug-likeness (QED) is 0.634. The Bertz CT molecular complexity index is 879. The number of aromatic nitrogens is 1. The second kappa shape index (κ2) is 8.42. The summed E-state index contributed by atoms with van der Waals surface area (Å²) in [5.74, 6) is 0.103. The molecule has 2 aromatic carbocycles. The summed E-state index contributed by atoms with van der Waals surface area (Å²) >= 11 is 3.20. The number of fused-ring (bicyclic) bond motifs is 1. The van der Waals surface area contributed by atoms with Crippen molar-refractivity contribution in [3.8, 4) is 0 Å². The molecule has 0 bridgehead atoms. The van der Waals surface area contributed by atoms with Gasteiger partial charge in [0.25, 0.3) is 0 Å². The Labute approximate surface area is 168 Å². The molecule has 4 nitrogen and oxygen atoms in total. The second-order valence-electron chi connectivity index (χ2n) is 6.92. The van der Waals surface area contributed by atoms with E-state index in [9.17, 15) is 4.79 Å². The van der Waals surface area contributed by atoms with Crippen molar-refractivity contribution in [2.45, 2.75) is 35.5 Å². The lowest BCUT2D eigenvalue weighted by Gasteiger charge is -2.18. The highest BCUT2D eigenvalue weighted by Gasteiger charge is 2.26. The topological polar surface area (TPSA) is 45.2 Å². The molecule has 1 fully saturated rings. The van der Waals surface area contributed by atoms with E-state index < -0.39 is 0 Å². The lowest BCUT2D eigenvalue weighted by Crippen LogP contribution is -2.40. The molecule has 1 aromatic heterocycles. The zero-order valence-electron chi connectivity index (χ0n) is 15.3. The van der Waals surface area contributed by atoms with Crippen LogP contribution in [0.2, 0.25) is 0 Å². The molecule has 3 aromatic rings. The molecule has 1 aliphatic heterocycles. The van der Waals surface area contributed by atoms with Crippen molar-refractivity contribution in [2.24, 2.45) is 0 Å². The molecule has 2 atom stereocenters. The predicted molar refractivity (Wildman–Crippen MR) is 113 cm³/mol. The van der Waals surface area contributed by atoms with E-state index >= 15 is 0 Å². The molecule has 27 heavy (non-hydrogen) atoms. The molecule has 2 unspecified atom stereocenters. The van der Waals surface area contributed by atoms with Gasteiger partial charge in [-0.05, 0) is 31.0 Å². The zero-order chi connectivity index (χ0) is 18.6. The fourth-order valence-electron chi connectivity index (χ4n) is 3.36. The van der Waals surface area contributed by atoms with E-state index in [4.69, 9.17) is 0 Å². The highest BCUT2D eigenvalue weighted by molar-refractivity contribution is 8.02. The van der Waals surface area contributed by atoms with Crippen molar-refractivity contribution in [1.82, 2.24) is 15.2 Å². The minimum Gasteiger partial charge on any atom is -0.351 e. The van der Waals surface area contributed by atoms with Crippen LogP contribution >= 0.6 is 23.1 Å². The molecule has 1 saturated heterocycles. The third kappa shape index (κ3) is 4.69. The maximum absolute atomic E-state index is 12.6. The van der Waals surface area contributed by atoms with E-state index in [-0.39, 0.29) is 17.2 Å². The SMILES string of the molecule is CC(Sc1nc2ccccc2s1)C(=O)NC1CCN(Cc2ccccc2)C1. The largest absolute Gasteiger partial charge is 0.351 e. The summed E-state index contributed by atoms with van der Waals surface area (Å²) in [6.07, 6.45) is 1.01. The van der Waals surface area contributed by atoms with Crippen molar-refractivity contribution in [3.63, 3.8) is 0 Å². The number of amides is 1. The van der Waals surface area contributed by atoms with Crippen LogP contribution in [0.5, 0.6) is 0 Å². The number of nitrogens with zero attached hydrogens (tertiary/aromatic N) is 2. The first kappa shape index (κ1) is 18.5. The van der Waals surface area contributed by atoms with E-state index in [1.165, 1.54) is 10.3 Å². The molecule has 4 rings (SSSR count). The first-order valence-electron chi connectivity index (χ1n) is 9.26. The van der Waals surface area contributed by atoms with Gasteiger partial charge < -0.3 is 5.32 Å². The van der Waals surface area contributed by atoms with Gasteiger partial charge in [-0.25, -0.2) is 4.98 Å². The van der Waals surface area contributed by atoms with E-state index in [0.717, 1.165) is 35.9 Å². The zero-order valence-corrected chi connectivity index (χ0v) is 16.9. The van der Waals surface area contributed by atoms with Crippen LogP contribution in [0.15, 0.2) is 58.9 Å². The normalized spacial score (nSPS) is 18.6. The Balaban J connectivity index is 1.28. The van der Waals surface area contributed by atoms with Crippen molar-refractivity contribution < 1.29 is 4.79 Å². The minimum atomic E-state index is -0.145. The molecule has 140 valence electrons. The molecule has 1 N–H and O–H groups in total. The Morgan fingerprint density at radius 3 is 2.85 bits per heavy atom. The standard InChI is InChI=1S/C21H23N3OS2/c1-15(26-21-23-18-9-5-6-10-19(18)27-21)20(25)22-17-11-12-24(14-17)13-16-7-3-2-4-8-16/h2-10,15,17H,11-14H2,1H3,(H,22,25). The van der Waals surface area contributed by atoms with Gasteiger partial charge in [-0.15, -0.1) is 11.3 Å². The fraction of sp³-hybridized carbons (Fsp3) is 0.333. The van der Waals surface area contributed by atoms with Gasteiger partial charge in [-0.1, -0.05) is 54.2 Å². The van der Waals surface area contributed by atoms with Crippen LogP contribution in [0, 0.1) is 0 Å². The summed E-state index contributed by atoms with van der Waals surface area (Å²) in [6, 6.07) is 18.8. The number of rotatable bonds is 6. The average Bonchev–Trinajstić information content (AvgIpc) is 3.28. The van der Waals surface area contributed by atoms with Gasteiger partial charge in [-0.2, -0.15) is 0 Å². The first-order chi connectivity index (χ1) is 13.2. The number of hydrogen-bond donors (Lipinski definition) is 1. The third-order valence-electron chi connectivity index (χ3n) is 4.79. The molecular formula is C21H23N3OS2. The van der Waals surface area contributed by atoms with Crippen LogP contribution in [0.25, 0.3) is 10.2 Å². The van der Waals surface area contributed by atoms with E-state index in [1.807, 2.05) is 31.2 Å². The summed E-state index contributed by atoms with van der Waals surface area (Å²) in [7, 11) is 0. The minimum absolute atomic E-state index is 0.103. The molecule has 1 aliphatic rings. The van der Waals surface area contributed by atoms with Crippen LogP contribution in [-0.2, 0) is 11.3 Å². The van der Waals surface area contributed by atoms with Crippen molar-refractivity contribution >= 4 is 39.2 Å². The van der Waals surface area contributed by atoms with Crippen LogP contribution in [0.4, 0.5) is 0 Å². The van der Waals surface area contributed by atoms with Crippen LogP contribution < -0.4 is 5.32 Å². The van der Waals surface area contributed by atoms with Gasteiger partial charge in [0.05, 0.1) is 15.5 Å². The fourth-order valence-corrected chi connectivity index (χ4v) is 5.58. The number of hydrogen-bond acceptors (Lipinski definition) is 5. The molecule has 6 heteroatoms. The summed E-state index contributed by atoms with van der Waals surface area (Å²) < 4.78 is 2.12. The van der Waals surface area contributed by atoms with E-state index in [2.05, 4.69) is 45.5 Å². The van der Waals surface area contributed by atoms with Gasteiger partial charge in [0.1, 0.15) is 0 Å². The Morgan fingerprint density at radius 1 is 1.26 bits per heavy atom. The number of thioether (sulfide) groups is 1. The number of carbonyl (C=O) groups is 1. The molecule has 0 radical (unpaired) electrons. The average molecular weight is 398 g/mol. The first-order valence-corrected chi connectivity index (χ1v) is 11.0. The summed E-state index contributed by atoms with van der Waals surface area (Å²) in [5, 5.41) is 3.08. The molecule has 2 heterocycles. The predicted octanol–water partition coefficient (Wildman–Crippen LogP) is 4.17. The number of likely N-dealkylation sites (tertiary alicyclic amines) is 1. The number of nitrogens with one attached hydrogen (secondary N) is 1. The Morgan fingerprint density at radius 2 is 2.04 bits per heavy atom. The second-order valence-corrected chi connectivity index (χ2v) is 9.54. The van der Waals surface area contributed by atoms with Gasteiger partial charge in [0, 0.05) is 25.7 Å². The van der Waals surface area contributed by atoms with E-state index in [1.54, 1.807) is 23.1 Å². The molecular weight excluding hydrogens is 374 g/mol. The molecule has 0 aliphatic carbocycles. The van der Waals surface area contributed by atoms with Gasteiger partial charge in [0.15, 0.2) is 4.34 Å². The third-order valence-corrected chi connectivity index (χ3v) is 7.02. The number of thiazole rings is 1. The summed E-state index contributed by atoms with van der Waals surface area (Å²) in [4.78, 5) is 19.6. The smallest absolute Gasteiger partial charge is 0.233 e. The van der Waals surface area contributed by atoms with Crippen molar-refractivity contribution in [1.29, 1.82) is 0 Å². The highest BCUT2D eigenvalue weighted by Crippen LogP contribution is 2.32. The van der Waals surface area contributed by atoms with Crippen LogP contribution in [-0.4, -0.2) is 40.2 Å². The van der Waals surface area contributed by atoms with Crippen LogP contribution in [0.3, 0.4) is 0 Å². The maximum Gasteiger partial charge on any atom is 0.233 e. The maximum atomic E-state index is 12.6. The molecule has 0 saturated carbocycles. The van der Waals surface area contributed by atoms with Gasteiger partial charge >= 0.3 is 0 Å². The van der Waals surface area contributed by atoms with E-state index in [0.29, 0.717) is 0 Å². The monoisotopic (exact) mass is 397 g/mol. The van der Waals surface area contributed by atoms with Crippen molar-refractivity contribution in [3.05, 3.63) is 60.2 Å². The summed E-state index contributed by atoms with van der Waals surface area (Å²) in [6.45, 7) is 4.85. The van der Waals surface area contributed by atoms with Crippen molar-refractivity contribution in [2.75, 3.05) is 13.1 Å². The Hall–Kier alpha value is -1.89. The van der Waals surface area contributed by atoms with Crippen LogP contribution in [0.1, 0.15) is 18.9 Å². The number of para-hydroxylation sites is 1. The summed E-state index contributed by atoms with van der Waals surface area (Å²) in [5.41, 5.74) is 2.33. The number of benzene rings is 2. The highest BCUT2D eigenvalue weighted by atomic mass is 32.2. The van der Waals surface area contributed by atoms with Gasteiger partial charge in [-0.3, -0.25) is 9.69 Å². The molecule has 1 amide bonds. The number of carbonyl (C=O) groups excluding carboxylic acids is 1. The Kier molecular flexibility index (Phi) is 5.76.